The van der Waals surface area contributed by atoms with Crippen LogP contribution in [0.4, 0.5) is 8.78 Å². The molecular formula is C29H44F2O3. The van der Waals surface area contributed by atoms with Crippen molar-refractivity contribution in [2.75, 3.05) is 19.8 Å². The van der Waals surface area contributed by atoms with E-state index in [4.69, 9.17) is 14.2 Å². The van der Waals surface area contributed by atoms with E-state index in [0.717, 1.165) is 37.7 Å². The van der Waals surface area contributed by atoms with Crippen molar-refractivity contribution in [3.05, 3.63) is 29.3 Å². The molecule has 0 radical (unpaired) electrons. The summed E-state index contributed by atoms with van der Waals surface area (Å²) in [5.41, 5.74) is 0.398. The van der Waals surface area contributed by atoms with Gasteiger partial charge in [0, 0.05) is 5.92 Å². The summed E-state index contributed by atoms with van der Waals surface area (Å²) in [5, 5.41) is 0. The van der Waals surface area contributed by atoms with Gasteiger partial charge in [-0.25, -0.2) is 4.39 Å². The normalized spacial score (nSPS) is 32.5. The Morgan fingerprint density at radius 1 is 0.794 bits per heavy atom. The lowest BCUT2D eigenvalue weighted by molar-refractivity contribution is -0.131. The molecule has 1 aliphatic carbocycles. The van der Waals surface area contributed by atoms with Crippen LogP contribution in [0.5, 0.6) is 5.75 Å². The topological polar surface area (TPSA) is 27.7 Å². The van der Waals surface area contributed by atoms with Crippen LogP contribution in [0.3, 0.4) is 0 Å². The fraction of sp³-hybridized carbons (Fsp3) is 0.793. The average Bonchev–Trinajstić information content (AvgIpc) is 2.88. The van der Waals surface area contributed by atoms with Gasteiger partial charge >= 0.3 is 0 Å². The molecule has 34 heavy (non-hydrogen) atoms. The number of hydrogen-bond acceptors (Lipinski definition) is 3. The molecule has 1 saturated carbocycles. The summed E-state index contributed by atoms with van der Waals surface area (Å²) in [5.74, 6) is 0.659. The van der Waals surface area contributed by atoms with E-state index in [1.807, 2.05) is 0 Å². The minimum Gasteiger partial charge on any atom is -0.491 e. The highest BCUT2D eigenvalue weighted by atomic mass is 19.2. The molecule has 4 rings (SSSR count). The summed E-state index contributed by atoms with van der Waals surface area (Å²) in [7, 11) is 0. The van der Waals surface area contributed by atoms with Crippen LogP contribution in [0, 0.1) is 29.4 Å². The van der Waals surface area contributed by atoms with E-state index >= 15 is 0 Å². The smallest absolute Gasteiger partial charge is 0.200 e. The first-order valence-corrected chi connectivity index (χ1v) is 13.9. The van der Waals surface area contributed by atoms with Crippen LogP contribution in [0.2, 0.25) is 0 Å². The van der Waals surface area contributed by atoms with E-state index in [-0.39, 0.29) is 23.9 Å². The van der Waals surface area contributed by atoms with E-state index in [1.54, 1.807) is 13.0 Å². The molecule has 192 valence electrons. The zero-order valence-corrected chi connectivity index (χ0v) is 21.2. The fourth-order valence-corrected chi connectivity index (χ4v) is 6.53. The summed E-state index contributed by atoms with van der Waals surface area (Å²) >= 11 is 0. The second kappa shape index (κ2) is 12.7. The van der Waals surface area contributed by atoms with Gasteiger partial charge in [0.2, 0.25) is 5.82 Å². The van der Waals surface area contributed by atoms with Crippen molar-refractivity contribution >= 4 is 0 Å². The van der Waals surface area contributed by atoms with Crippen LogP contribution < -0.4 is 4.74 Å². The SMILES string of the molecule is CCCCCC1CCC(C2CCC(C3CCC(c4ccc(OCC)c(F)c4F)CO3)OC2)CC1. The molecule has 2 aliphatic heterocycles. The minimum atomic E-state index is -0.891. The Hall–Kier alpha value is -1.20. The number of ether oxygens (including phenoxy) is 3. The lowest BCUT2D eigenvalue weighted by Crippen LogP contribution is -2.41. The predicted molar refractivity (Wildman–Crippen MR) is 131 cm³/mol. The summed E-state index contributed by atoms with van der Waals surface area (Å²) in [6, 6.07) is 3.18. The maximum atomic E-state index is 14.6. The van der Waals surface area contributed by atoms with Crippen molar-refractivity contribution in [1.29, 1.82) is 0 Å². The lowest BCUT2D eigenvalue weighted by Gasteiger charge is -2.41. The molecule has 0 bridgehead atoms. The Labute approximate surface area is 204 Å². The van der Waals surface area contributed by atoms with Gasteiger partial charge < -0.3 is 14.2 Å². The Bertz CT molecular complexity index is 746. The van der Waals surface area contributed by atoms with Crippen LogP contribution in [-0.2, 0) is 9.47 Å². The predicted octanol–water partition coefficient (Wildman–Crippen LogP) is 7.81. The molecule has 4 atom stereocenters. The molecule has 0 spiro atoms. The summed E-state index contributed by atoms with van der Waals surface area (Å²) in [4.78, 5) is 0. The number of halogens is 2. The van der Waals surface area contributed by atoms with Crippen molar-refractivity contribution < 1.29 is 23.0 Å². The second-order valence-electron chi connectivity index (χ2n) is 10.8. The van der Waals surface area contributed by atoms with Gasteiger partial charge in [0.25, 0.3) is 0 Å². The third-order valence-corrected chi connectivity index (χ3v) is 8.66. The van der Waals surface area contributed by atoms with Gasteiger partial charge in [-0.05, 0) is 74.8 Å². The number of unbranched alkanes of at least 4 members (excludes halogenated alkanes) is 2. The first kappa shape index (κ1) is 25.9. The molecule has 4 unspecified atom stereocenters. The van der Waals surface area contributed by atoms with Crippen molar-refractivity contribution in [2.24, 2.45) is 17.8 Å². The Morgan fingerprint density at radius 3 is 2.12 bits per heavy atom. The maximum Gasteiger partial charge on any atom is 0.200 e. The van der Waals surface area contributed by atoms with Gasteiger partial charge in [0.1, 0.15) is 0 Å². The van der Waals surface area contributed by atoms with Crippen LogP contribution in [0.1, 0.15) is 102 Å². The molecule has 3 fully saturated rings. The molecule has 0 amide bonds. The molecule has 1 aromatic rings. The van der Waals surface area contributed by atoms with E-state index in [1.165, 1.54) is 63.9 Å². The van der Waals surface area contributed by atoms with E-state index in [0.29, 0.717) is 24.7 Å². The maximum absolute atomic E-state index is 14.6. The van der Waals surface area contributed by atoms with Crippen molar-refractivity contribution in [3.8, 4) is 5.75 Å². The second-order valence-corrected chi connectivity index (χ2v) is 10.8. The highest BCUT2D eigenvalue weighted by molar-refractivity contribution is 5.33. The molecule has 0 aromatic heterocycles. The van der Waals surface area contributed by atoms with Crippen molar-refractivity contribution in [2.45, 2.75) is 109 Å². The summed E-state index contributed by atoms with van der Waals surface area (Å²) in [6.07, 6.45) is 15.2. The molecule has 2 saturated heterocycles. The Morgan fingerprint density at radius 2 is 1.50 bits per heavy atom. The zero-order valence-electron chi connectivity index (χ0n) is 21.2. The Balaban J connectivity index is 1.19. The highest BCUT2D eigenvalue weighted by Gasteiger charge is 2.36. The molecular weight excluding hydrogens is 434 g/mol. The van der Waals surface area contributed by atoms with Crippen LogP contribution in [0.15, 0.2) is 12.1 Å². The molecule has 0 N–H and O–H groups in total. The van der Waals surface area contributed by atoms with Gasteiger partial charge in [-0.1, -0.05) is 51.5 Å². The van der Waals surface area contributed by atoms with E-state index < -0.39 is 11.6 Å². The van der Waals surface area contributed by atoms with Crippen molar-refractivity contribution in [3.63, 3.8) is 0 Å². The van der Waals surface area contributed by atoms with Crippen LogP contribution in [0.25, 0.3) is 0 Å². The largest absolute Gasteiger partial charge is 0.491 e. The van der Waals surface area contributed by atoms with Gasteiger partial charge in [-0.2, -0.15) is 4.39 Å². The Kier molecular flexibility index (Phi) is 9.64. The average molecular weight is 479 g/mol. The highest BCUT2D eigenvalue weighted by Crippen LogP contribution is 2.41. The number of hydrogen-bond donors (Lipinski definition) is 0. The zero-order chi connectivity index (χ0) is 23.9. The molecule has 3 aliphatic rings. The monoisotopic (exact) mass is 478 g/mol. The minimum absolute atomic E-state index is 0.0199. The summed E-state index contributed by atoms with van der Waals surface area (Å²) < 4.78 is 46.6. The van der Waals surface area contributed by atoms with Crippen LogP contribution >= 0.6 is 0 Å². The number of benzene rings is 1. The van der Waals surface area contributed by atoms with Crippen molar-refractivity contribution in [1.82, 2.24) is 0 Å². The molecule has 1 aromatic carbocycles. The van der Waals surface area contributed by atoms with E-state index in [9.17, 15) is 8.78 Å². The summed E-state index contributed by atoms with van der Waals surface area (Å²) in [6.45, 7) is 5.63. The van der Waals surface area contributed by atoms with Gasteiger partial charge in [0.05, 0.1) is 32.0 Å². The molecule has 2 heterocycles. The lowest BCUT2D eigenvalue weighted by atomic mass is 9.72. The van der Waals surface area contributed by atoms with Gasteiger partial charge in [-0.3, -0.25) is 0 Å². The quantitative estimate of drug-likeness (QED) is 0.339. The van der Waals surface area contributed by atoms with Gasteiger partial charge in [0.15, 0.2) is 11.6 Å². The van der Waals surface area contributed by atoms with Gasteiger partial charge in [-0.15, -0.1) is 0 Å². The third-order valence-electron chi connectivity index (χ3n) is 8.66. The molecule has 5 heteroatoms. The fourth-order valence-electron chi connectivity index (χ4n) is 6.53. The molecule has 3 nitrogen and oxygen atoms in total. The third kappa shape index (κ3) is 6.32. The van der Waals surface area contributed by atoms with Crippen LogP contribution in [-0.4, -0.2) is 32.0 Å². The number of rotatable bonds is 9. The first-order chi connectivity index (χ1) is 16.6. The van der Waals surface area contributed by atoms with E-state index in [2.05, 4.69) is 6.92 Å². The standard InChI is InChI=1S/C29H44F2O3/c1-3-5-6-7-20-8-10-21(11-9-20)22-12-15-25(33-18-22)26-16-13-23(19-34-26)24-14-17-27(32-4-2)29(31)28(24)30/h14,17,20-23,25-26H,3-13,15-16,18-19H2,1-2H3. The first-order valence-electron chi connectivity index (χ1n) is 13.9.